The lowest BCUT2D eigenvalue weighted by atomic mass is 10.1. The molecular formula is C21H28N2O3. The van der Waals surface area contributed by atoms with Crippen molar-refractivity contribution >= 4 is 5.97 Å². The molecule has 1 aromatic carbocycles. The Balaban J connectivity index is 1.83. The number of aromatic nitrogens is 2. The average molecular weight is 356 g/mol. The van der Waals surface area contributed by atoms with E-state index < -0.39 is 0 Å². The molecule has 140 valence electrons. The smallest absolute Gasteiger partial charge is 0.344 e. The van der Waals surface area contributed by atoms with E-state index in [1.54, 1.807) is 19.1 Å². The summed E-state index contributed by atoms with van der Waals surface area (Å²) >= 11 is 0. The van der Waals surface area contributed by atoms with E-state index in [2.05, 4.69) is 16.9 Å². The van der Waals surface area contributed by atoms with Crippen LogP contribution in [0.1, 0.15) is 51.5 Å². The lowest BCUT2D eigenvalue weighted by Gasteiger charge is -2.07. The zero-order valence-corrected chi connectivity index (χ0v) is 15.7. The van der Waals surface area contributed by atoms with E-state index in [4.69, 9.17) is 9.47 Å². The quantitative estimate of drug-likeness (QED) is 0.435. The summed E-state index contributed by atoms with van der Waals surface area (Å²) in [5.41, 5.74) is 2.10. The van der Waals surface area contributed by atoms with Crippen LogP contribution < -0.4 is 4.74 Å². The van der Waals surface area contributed by atoms with Crippen molar-refractivity contribution in [3.8, 4) is 17.1 Å². The lowest BCUT2D eigenvalue weighted by molar-refractivity contribution is -0.145. The molecule has 0 aliphatic rings. The van der Waals surface area contributed by atoms with Gasteiger partial charge in [-0.05, 0) is 49.6 Å². The van der Waals surface area contributed by atoms with Crippen molar-refractivity contribution in [1.82, 2.24) is 9.97 Å². The predicted octanol–water partition coefficient (Wildman–Crippen LogP) is 4.60. The maximum Gasteiger partial charge on any atom is 0.344 e. The van der Waals surface area contributed by atoms with Crippen LogP contribution >= 0.6 is 0 Å². The van der Waals surface area contributed by atoms with Gasteiger partial charge >= 0.3 is 5.97 Å². The minimum absolute atomic E-state index is 0.0867. The molecule has 0 amide bonds. The van der Waals surface area contributed by atoms with Crippen LogP contribution in [0.15, 0.2) is 36.7 Å². The van der Waals surface area contributed by atoms with Gasteiger partial charge in [0.25, 0.3) is 0 Å². The molecule has 1 heterocycles. The molecule has 0 saturated carbocycles. The molecule has 0 aliphatic carbocycles. The van der Waals surface area contributed by atoms with E-state index in [0.29, 0.717) is 18.2 Å². The van der Waals surface area contributed by atoms with Crippen molar-refractivity contribution in [2.45, 2.75) is 52.4 Å². The SMILES string of the molecule is CCCCCCCc1cnc(-c2ccc(OCC(=O)OCC)cc2)nc1. The third-order valence-electron chi connectivity index (χ3n) is 4.05. The highest BCUT2D eigenvalue weighted by molar-refractivity contribution is 5.71. The molecule has 0 N–H and O–H groups in total. The summed E-state index contributed by atoms with van der Waals surface area (Å²) in [6, 6.07) is 7.39. The van der Waals surface area contributed by atoms with Gasteiger partial charge in [0, 0.05) is 18.0 Å². The summed E-state index contributed by atoms with van der Waals surface area (Å²) in [7, 11) is 0. The number of hydrogen-bond donors (Lipinski definition) is 0. The van der Waals surface area contributed by atoms with Gasteiger partial charge in [0.05, 0.1) is 6.61 Å². The average Bonchev–Trinajstić information content (AvgIpc) is 2.67. The Hall–Kier alpha value is -2.43. The molecule has 5 heteroatoms. The van der Waals surface area contributed by atoms with Gasteiger partial charge < -0.3 is 9.47 Å². The zero-order chi connectivity index (χ0) is 18.6. The van der Waals surface area contributed by atoms with Gasteiger partial charge in [-0.2, -0.15) is 0 Å². The zero-order valence-electron chi connectivity index (χ0n) is 15.7. The third kappa shape index (κ3) is 6.82. The molecule has 0 bridgehead atoms. The third-order valence-corrected chi connectivity index (χ3v) is 4.05. The lowest BCUT2D eigenvalue weighted by Crippen LogP contribution is -2.14. The number of nitrogens with zero attached hydrogens (tertiary/aromatic N) is 2. The molecule has 0 fully saturated rings. The van der Waals surface area contributed by atoms with E-state index in [-0.39, 0.29) is 12.6 Å². The van der Waals surface area contributed by atoms with Crippen molar-refractivity contribution in [3.63, 3.8) is 0 Å². The molecule has 1 aromatic heterocycles. The van der Waals surface area contributed by atoms with Gasteiger partial charge in [0.2, 0.25) is 0 Å². The number of rotatable bonds is 11. The van der Waals surface area contributed by atoms with Crippen LogP contribution in [-0.2, 0) is 16.0 Å². The van der Waals surface area contributed by atoms with Crippen LogP contribution in [0.5, 0.6) is 5.75 Å². The Morgan fingerprint density at radius 1 is 0.962 bits per heavy atom. The second-order valence-electron chi connectivity index (χ2n) is 6.20. The molecule has 0 unspecified atom stereocenters. The number of aryl methyl sites for hydroxylation is 1. The van der Waals surface area contributed by atoms with Gasteiger partial charge in [-0.1, -0.05) is 32.6 Å². The number of carbonyl (C=O) groups excluding carboxylic acids is 1. The van der Waals surface area contributed by atoms with Crippen molar-refractivity contribution in [3.05, 3.63) is 42.2 Å². The van der Waals surface area contributed by atoms with Crippen LogP contribution in [0.4, 0.5) is 0 Å². The van der Waals surface area contributed by atoms with E-state index in [9.17, 15) is 4.79 Å². The standard InChI is InChI=1S/C21H28N2O3/c1-3-5-6-7-8-9-17-14-22-21(23-15-17)18-10-12-19(13-11-18)26-16-20(24)25-4-2/h10-15H,3-9,16H2,1-2H3. The van der Waals surface area contributed by atoms with Gasteiger partial charge in [-0.3, -0.25) is 0 Å². The number of benzene rings is 1. The molecule has 5 nitrogen and oxygen atoms in total. The maximum atomic E-state index is 11.3. The van der Waals surface area contributed by atoms with Gasteiger partial charge in [0.1, 0.15) is 5.75 Å². The molecular weight excluding hydrogens is 328 g/mol. The van der Waals surface area contributed by atoms with Crippen molar-refractivity contribution in [1.29, 1.82) is 0 Å². The van der Waals surface area contributed by atoms with E-state index >= 15 is 0 Å². The first-order valence-electron chi connectivity index (χ1n) is 9.42. The fourth-order valence-corrected chi connectivity index (χ4v) is 2.61. The summed E-state index contributed by atoms with van der Waals surface area (Å²) in [6.45, 7) is 4.26. The number of hydrogen-bond acceptors (Lipinski definition) is 5. The first-order chi connectivity index (χ1) is 12.7. The molecule has 2 aromatic rings. The van der Waals surface area contributed by atoms with Crippen molar-refractivity contribution in [2.24, 2.45) is 0 Å². The minimum atomic E-state index is -0.370. The van der Waals surface area contributed by atoms with Crippen LogP contribution in [0.25, 0.3) is 11.4 Å². The fourth-order valence-electron chi connectivity index (χ4n) is 2.61. The number of esters is 1. The number of unbranched alkanes of at least 4 members (excludes halogenated alkanes) is 4. The topological polar surface area (TPSA) is 61.3 Å². The molecule has 0 radical (unpaired) electrons. The maximum absolute atomic E-state index is 11.3. The summed E-state index contributed by atoms with van der Waals surface area (Å²) < 4.78 is 10.2. The largest absolute Gasteiger partial charge is 0.482 e. The van der Waals surface area contributed by atoms with Crippen LogP contribution in [-0.4, -0.2) is 29.2 Å². The summed E-state index contributed by atoms with van der Waals surface area (Å²) in [6.07, 6.45) is 11.2. The molecule has 0 spiro atoms. The fraction of sp³-hybridized carbons (Fsp3) is 0.476. The Bertz CT molecular complexity index is 654. The highest BCUT2D eigenvalue weighted by atomic mass is 16.6. The highest BCUT2D eigenvalue weighted by Crippen LogP contribution is 2.19. The number of carbonyl (C=O) groups is 1. The Morgan fingerprint density at radius 2 is 1.65 bits per heavy atom. The summed E-state index contributed by atoms with van der Waals surface area (Å²) in [4.78, 5) is 20.2. The van der Waals surface area contributed by atoms with Crippen molar-refractivity contribution in [2.75, 3.05) is 13.2 Å². The first kappa shape index (κ1) is 19.9. The number of ether oxygens (including phenoxy) is 2. The first-order valence-corrected chi connectivity index (χ1v) is 9.42. The van der Waals surface area contributed by atoms with E-state index in [1.807, 2.05) is 24.5 Å². The van der Waals surface area contributed by atoms with Crippen molar-refractivity contribution < 1.29 is 14.3 Å². The monoisotopic (exact) mass is 356 g/mol. The summed E-state index contributed by atoms with van der Waals surface area (Å²) in [5.74, 6) is 0.937. The summed E-state index contributed by atoms with van der Waals surface area (Å²) in [5, 5.41) is 0. The molecule has 0 atom stereocenters. The van der Waals surface area contributed by atoms with E-state index in [1.165, 1.54) is 37.7 Å². The van der Waals surface area contributed by atoms with Gasteiger partial charge in [-0.25, -0.2) is 14.8 Å². The molecule has 26 heavy (non-hydrogen) atoms. The van der Waals surface area contributed by atoms with Crippen LogP contribution in [0.2, 0.25) is 0 Å². The molecule has 0 saturated heterocycles. The van der Waals surface area contributed by atoms with Crippen LogP contribution in [0, 0.1) is 0 Å². The second kappa shape index (κ2) is 11.2. The Morgan fingerprint density at radius 3 is 2.31 bits per heavy atom. The van der Waals surface area contributed by atoms with Gasteiger partial charge in [-0.15, -0.1) is 0 Å². The highest BCUT2D eigenvalue weighted by Gasteiger charge is 2.05. The van der Waals surface area contributed by atoms with Crippen LogP contribution in [0.3, 0.4) is 0 Å². The Kier molecular flexibility index (Phi) is 8.60. The van der Waals surface area contributed by atoms with E-state index in [0.717, 1.165) is 12.0 Å². The second-order valence-corrected chi connectivity index (χ2v) is 6.20. The minimum Gasteiger partial charge on any atom is -0.482 e. The normalized spacial score (nSPS) is 10.5. The molecule has 0 aliphatic heterocycles. The predicted molar refractivity (Wildman–Crippen MR) is 102 cm³/mol. The van der Waals surface area contributed by atoms with Gasteiger partial charge in [0.15, 0.2) is 12.4 Å². The Labute approximate surface area is 155 Å². The molecule has 2 rings (SSSR count).